The molecule has 1 aliphatic rings. The zero-order chi connectivity index (χ0) is 15.6. The van der Waals surface area contributed by atoms with E-state index < -0.39 is 0 Å². The number of halogens is 1. The standard InChI is InChI=1S/C17H18FN5/c18-14-4-1-7-19-16(14)11-23-8-2-3-13(10-23)15-6-5-12-9-20-22-17(12)21-15/h1,4-7,9,13H,2-3,8,10-11H2,(H,20,21,22). The van der Waals surface area contributed by atoms with Gasteiger partial charge in [0, 0.05) is 36.3 Å². The van der Waals surface area contributed by atoms with E-state index in [4.69, 9.17) is 0 Å². The highest BCUT2D eigenvalue weighted by Gasteiger charge is 2.23. The quantitative estimate of drug-likeness (QED) is 0.808. The number of fused-ring (bicyclic) bond motifs is 1. The lowest BCUT2D eigenvalue weighted by molar-refractivity contribution is 0.194. The number of nitrogens with one attached hydrogen (secondary N) is 1. The van der Waals surface area contributed by atoms with Crippen molar-refractivity contribution in [2.45, 2.75) is 25.3 Å². The second kappa shape index (κ2) is 6.04. The first kappa shape index (κ1) is 14.3. The van der Waals surface area contributed by atoms with Crippen molar-refractivity contribution in [2.24, 2.45) is 0 Å². The molecule has 4 rings (SSSR count). The van der Waals surface area contributed by atoms with Gasteiger partial charge in [0.1, 0.15) is 5.82 Å². The number of hydrogen-bond donors (Lipinski definition) is 1. The molecule has 1 atom stereocenters. The van der Waals surface area contributed by atoms with Crippen molar-refractivity contribution in [3.63, 3.8) is 0 Å². The molecule has 0 spiro atoms. The molecule has 1 fully saturated rings. The van der Waals surface area contributed by atoms with Crippen LogP contribution >= 0.6 is 0 Å². The summed E-state index contributed by atoms with van der Waals surface area (Å²) in [6.07, 6.45) is 5.62. The number of rotatable bonds is 3. The van der Waals surface area contributed by atoms with E-state index in [0.29, 0.717) is 18.2 Å². The minimum Gasteiger partial charge on any atom is -0.297 e. The number of hydrogen-bond acceptors (Lipinski definition) is 4. The Hall–Kier alpha value is -2.34. The van der Waals surface area contributed by atoms with Crippen LogP contribution in [0.1, 0.15) is 30.1 Å². The van der Waals surface area contributed by atoms with E-state index in [1.54, 1.807) is 18.5 Å². The van der Waals surface area contributed by atoms with Crippen molar-refractivity contribution in [1.29, 1.82) is 0 Å². The summed E-state index contributed by atoms with van der Waals surface area (Å²) in [7, 11) is 0. The predicted octanol–water partition coefficient (Wildman–Crippen LogP) is 2.87. The minimum atomic E-state index is -0.230. The maximum atomic E-state index is 13.8. The molecule has 0 radical (unpaired) electrons. The third-order valence-electron chi connectivity index (χ3n) is 4.45. The fourth-order valence-electron chi connectivity index (χ4n) is 3.26. The van der Waals surface area contributed by atoms with Crippen LogP contribution < -0.4 is 0 Å². The smallest absolute Gasteiger partial charge is 0.155 e. The van der Waals surface area contributed by atoms with Crippen LogP contribution in [0.4, 0.5) is 4.39 Å². The third kappa shape index (κ3) is 2.94. The molecule has 0 aliphatic carbocycles. The van der Waals surface area contributed by atoms with Crippen molar-refractivity contribution in [3.8, 4) is 0 Å². The third-order valence-corrected chi connectivity index (χ3v) is 4.45. The lowest BCUT2D eigenvalue weighted by Crippen LogP contribution is -2.34. The fourth-order valence-corrected chi connectivity index (χ4v) is 3.26. The van der Waals surface area contributed by atoms with E-state index in [-0.39, 0.29) is 5.82 Å². The van der Waals surface area contributed by atoms with Crippen LogP contribution in [0.15, 0.2) is 36.7 Å². The molecule has 6 heteroatoms. The summed E-state index contributed by atoms with van der Waals surface area (Å²) >= 11 is 0. The highest BCUT2D eigenvalue weighted by Crippen LogP contribution is 2.27. The van der Waals surface area contributed by atoms with E-state index in [9.17, 15) is 4.39 Å². The molecule has 1 N–H and O–H groups in total. The Balaban J connectivity index is 1.51. The van der Waals surface area contributed by atoms with Crippen molar-refractivity contribution in [2.75, 3.05) is 13.1 Å². The molecule has 1 unspecified atom stereocenters. The minimum absolute atomic E-state index is 0.230. The molecule has 3 aromatic rings. The van der Waals surface area contributed by atoms with Crippen LogP contribution in [0.3, 0.4) is 0 Å². The summed E-state index contributed by atoms with van der Waals surface area (Å²) in [6, 6.07) is 7.23. The Kier molecular flexibility index (Phi) is 3.75. The summed E-state index contributed by atoms with van der Waals surface area (Å²) in [5.74, 6) is 0.134. The number of aromatic amines is 1. The summed E-state index contributed by atoms with van der Waals surface area (Å²) in [6.45, 7) is 2.40. The maximum absolute atomic E-state index is 13.8. The topological polar surface area (TPSA) is 57.7 Å². The lowest BCUT2D eigenvalue weighted by Gasteiger charge is -2.32. The van der Waals surface area contributed by atoms with E-state index in [2.05, 4.69) is 37.2 Å². The van der Waals surface area contributed by atoms with E-state index in [1.807, 2.05) is 0 Å². The van der Waals surface area contributed by atoms with Gasteiger partial charge in [-0.3, -0.25) is 15.0 Å². The monoisotopic (exact) mass is 311 g/mol. The van der Waals surface area contributed by atoms with Gasteiger partial charge in [0.15, 0.2) is 5.65 Å². The largest absolute Gasteiger partial charge is 0.297 e. The zero-order valence-electron chi connectivity index (χ0n) is 12.7. The Morgan fingerprint density at radius 3 is 3.17 bits per heavy atom. The number of aromatic nitrogens is 4. The van der Waals surface area contributed by atoms with Gasteiger partial charge in [-0.05, 0) is 43.7 Å². The van der Waals surface area contributed by atoms with Crippen LogP contribution in [0, 0.1) is 5.82 Å². The summed E-state index contributed by atoms with van der Waals surface area (Å²) in [5.41, 5.74) is 2.42. The van der Waals surface area contributed by atoms with Gasteiger partial charge >= 0.3 is 0 Å². The Morgan fingerprint density at radius 1 is 1.30 bits per heavy atom. The normalized spacial score (nSPS) is 19.3. The van der Waals surface area contributed by atoms with Crippen LogP contribution in [-0.4, -0.2) is 38.2 Å². The highest BCUT2D eigenvalue weighted by atomic mass is 19.1. The Morgan fingerprint density at radius 2 is 2.26 bits per heavy atom. The predicted molar refractivity (Wildman–Crippen MR) is 85.3 cm³/mol. The number of piperidine rings is 1. The number of pyridine rings is 2. The SMILES string of the molecule is Fc1cccnc1CN1CCCC(c2ccc3cn[nH]c3n2)C1. The Bertz CT molecular complexity index is 815. The number of H-pyrrole nitrogens is 1. The molecular weight excluding hydrogens is 293 g/mol. The first-order chi connectivity index (χ1) is 11.3. The molecule has 0 saturated carbocycles. The first-order valence-electron chi connectivity index (χ1n) is 7.91. The van der Waals surface area contributed by atoms with Gasteiger partial charge < -0.3 is 0 Å². The highest BCUT2D eigenvalue weighted by molar-refractivity contribution is 5.73. The van der Waals surface area contributed by atoms with Gasteiger partial charge in [-0.2, -0.15) is 5.10 Å². The lowest BCUT2D eigenvalue weighted by atomic mass is 9.94. The fraction of sp³-hybridized carbons (Fsp3) is 0.353. The van der Waals surface area contributed by atoms with Crippen molar-refractivity contribution >= 4 is 11.0 Å². The molecular formula is C17H18FN5. The van der Waals surface area contributed by atoms with Crippen LogP contribution in [-0.2, 0) is 6.54 Å². The van der Waals surface area contributed by atoms with Gasteiger partial charge in [-0.25, -0.2) is 9.37 Å². The van der Waals surface area contributed by atoms with Crippen molar-refractivity contribution in [3.05, 3.63) is 53.9 Å². The molecule has 0 amide bonds. The maximum Gasteiger partial charge on any atom is 0.155 e. The van der Waals surface area contributed by atoms with E-state index in [1.165, 1.54) is 6.07 Å². The molecule has 5 nitrogen and oxygen atoms in total. The molecule has 1 saturated heterocycles. The van der Waals surface area contributed by atoms with E-state index in [0.717, 1.165) is 42.7 Å². The first-order valence-corrected chi connectivity index (χ1v) is 7.91. The van der Waals surface area contributed by atoms with Crippen LogP contribution in [0.5, 0.6) is 0 Å². The Labute approximate surface area is 133 Å². The molecule has 3 aromatic heterocycles. The zero-order valence-corrected chi connectivity index (χ0v) is 12.7. The summed E-state index contributed by atoms with van der Waals surface area (Å²) in [5, 5.41) is 7.97. The summed E-state index contributed by atoms with van der Waals surface area (Å²) < 4.78 is 13.8. The van der Waals surface area contributed by atoms with Crippen molar-refractivity contribution < 1.29 is 4.39 Å². The molecule has 0 bridgehead atoms. The van der Waals surface area contributed by atoms with Crippen LogP contribution in [0.25, 0.3) is 11.0 Å². The molecule has 118 valence electrons. The van der Waals surface area contributed by atoms with Gasteiger partial charge in [-0.1, -0.05) is 0 Å². The number of likely N-dealkylation sites (tertiary alicyclic amines) is 1. The number of nitrogens with zero attached hydrogens (tertiary/aromatic N) is 4. The average molecular weight is 311 g/mol. The second-order valence-corrected chi connectivity index (χ2v) is 6.05. The van der Waals surface area contributed by atoms with E-state index >= 15 is 0 Å². The second-order valence-electron chi connectivity index (χ2n) is 6.05. The average Bonchev–Trinajstić information content (AvgIpc) is 3.05. The summed E-state index contributed by atoms with van der Waals surface area (Å²) in [4.78, 5) is 11.1. The molecule has 0 aromatic carbocycles. The van der Waals surface area contributed by atoms with Gasteiger partial charge in [-0.15, -0.1) is 0 Å². The molecule has 1 aliphatic heterocycles. The van der Waals surface area contributed by atoms with Gasteiger partial charge in [0.2, 0.25) is 0 Å². The molecule has 4 heterocycles. The van der Waals surface area contributed by atoms with Gasteiger partial charge in [0.05, 0.1) is 11.9 Å². The molecule has 23 heavy (non-hydrogen) atoms. The van der Waals surface area contributed by atoms with Gasteiger partial charge in [0.25, 0.3) is 0 Å². The van der Waals surface area contributed by atoms with Crippen molar-refractivity contribution in [1.82, 2.24) is 25.1 Å². The van der Waals surface area contributed by atoms with Crippen LogP contribution in [0.2, 0.25) is 0 Å².